The molecule has 1 aromatic heterocycles. The fourth-order valence-electron chi connectivity index (χ4n) is 3.48. The lowest BCUT2D eigenvalue weighted by atomic mass is 9.98. The Morgan fingerprint density at radius 2 is 2.05 bits per heavy atom. The molecule has 1 N–H and O–H groups in total. The maximum Gasteiger partial charge on any atom is 0.193 e. The molecule has 0 bridgehead atoms. The van der Waals surface area contributed by atoms with Crippen LogP contribution in [0.2, 0.25) is 0 Å². The summed E-state index contributed by atoms with van der Waals surface area (Å²) < 4.78 is 2.27. The van der Waals surface area contributed by atoms with E-state index in [9.17, 15) is 0 Å². The lowest BCUT2D eigenvalue weighted by molar-refractivity contribution is 0.269. The van der Waals surface area contributed by atoms with Crippen molar-refractivity contribution in [2.75, 3.05) is 26.7 Å². The van der Waals surface area contributed by atoms with E-state index in [2.05, 4.69) is 36.9 Å². The van der Waals surface area contributed by atoms with Crippen molar-refractivity contribution in [1.82, 2.24) is 25.0 Å². The van der Waals surface area contributed by atoms with Crippen molar-refractivity contribution in [3.63, 3.8) is 0 Å². The molecule has 1 fully saturated rings. The number of nitrogens with one attached hydrogen (secondary N) is 1. The summed E-state index contributed by atoms with van der Waals surface area (Å²) in [5.41, 5.74) is 0. The van der Waals surface area contributed by atoms with Crippen LogP contribution in [0.5, 0.6) is 0 Å². The van der Waals surface area contributed by atoms with Crippen LogP contribution < -0.4 is 5.32 Å². The highest BCUT2D eigenvalue weighted by atomic mass is 15.3. The number of hydrogen-bond donors (Lipinski definition) is 1. The Balaban J connectivity index is 1.53. The van der Waals surface area contributed by atoms with Crippen molar-refractivity contribution in [2.45, 2.75) is 46.1 Å². The van der Waals surface area contributed by atoms with Gasteiger partial charge in [-0.1, -0.05) is 6.92 Å². The molecule has 1 aromatic rings. The Labute approximate surface area is 133 Å². The van der Waals surface area contributed by atoms with E-state index in [1.165, 1.54) is 19.3 Å². The zero-order valence-corrected chi connectivity index (χ0v) is 14.0. The van der Waals surface area contributed by atoms with Gasteiger partial charge in [0.25, 0.3) is 0 Å². The van der Waals surface area contributed by atoms with Gasteiger partial charge in [-0.2, -0.15) is 0 Å². The summed E-state index contributed by atoms with van der Waals surface area (Å²) in [6.45, 7) is 8.64. The van der Waals surface area contributed by atoms with Crippen LogP contribution >= 0.6 is 0 Å². The topological polar surface area (TPSA) is 58.3 Å². The average molecular weight is 304 g/mol. The van der Waals surface area contributed by atoms with Gasteiger partial charge >= 0.3 is 0 Å². The van der Waals surface area contributed by atoms with Crippen LogP contribution in [0, 0.1) is 18.8 Å². The number of likely N-dealkylation sites (tertiary alicyclic amines) is 1. The van der Waals surface area contributed by atoms with Crippen LogP contribution in [0.1, 0.15) is 37.8 Å². The Hall–Kier alpha value is -1.59. The van der Waals surface area contributed by atoms with Crippen LogP contribution in [0.3, 0.4) is 0 Å². The number of piperidine rings is 1. The Morgan fingerprint density at radius 1 is 1.27 bits per heavy atom. The quantitative estimate of drug-likeness (QED) is 0.664. The molecule has 6 heteroatoms. The van der Waals surface area contributed by atoms with Crippen molar-refractivity contribution in [2.24, 2.45) is 16.8 Å². The lowest BCUT2D eigenvalue weighted by Gasteiger charge is -2.34. The van der Waals surface area contributed by atoms with Crippen molar-refractivity contribution in [1.29, 1.82) is 0 Å². The van der Waals surface area contributed by atoms with Gasteiger partial charge in [0.1, 0.15) is 11.6 Å². The first kappa shape index (κ1) is 15.3. The van der Waals surface area contributed by atoms with E-state index in [4.69, 9.17) is 0 Å². The zero-order chi connectivity index (χ0) is 15.5. The predicted molar refractivity (Wildman–Crippen MR) is 87.9 cm³/mol. The van der Waals surface area contributed by atoms with Gasteiger partial charge in [-0.15, -0.1) is 10.2 Å². The third-order valence-electron chi connectivity index (χ3n) is 5.07. The molecular weight excluding hydrogens is 276 g/mol. The van der Waals surface area contributed by atoms with Gasteiger partial charge in [0.05, 0.1) is 0 Å². The van der Waals surface area contributed by atoms with E-state index in [0.717, 1.165) is 56.1 Å². The van der Waals surface area contributed by atoms with E-state index >= 15 is 0 Å². The SMILES string of the molecule is CN=C(NCC1CCc2nnc(C)n2C1)N1CCC(C)CC1. The lowest BCUT2D eigenvalue weighted by Crippen LogP contribution is -2.47. The summed E-state index contributed by atoms with van der Waals surface area (Å²) in [7, 11) is 1.89. The van der Waals surface area contributed by atoms with Gasteiger partial charge in [-0.25, -0.2) is 0 Å². The van der Waals surface area contributed by atoms with Gasteiger partial charge in [-0.05, 0) is 38.0 Å². The molecule has 3 rings (SSSR count). The fourth-order valence-corrected chi connectivity index (χ4v) is 3.48. The highest BCUT2D eigenvalue weighted by molar-refractivity contribution is 5.79. The minimum Gasteiger partial charge on any atom is -0.356 e. The summed E-state index contributed by atoms with van der Waals surface area (Å²) in [5, 5.41) is 12.0. The van der Waals surface area contributed by atoms with E-state index in [1.807, 2.05) is 14.0 Å². The molecule has 1 saturated heterocycles. The molecule has 0 spiro atoms. The molecule has 6 nitrogen and oxygen atoms in total. The minimum atomic E-state index is 0.627. The van der Waals surface area contributed by atoms with Gasteiger partial charge in [0, 0.05) is 39.6 Å². The zero-order valence-electron chi connectivity index (χ0n) is 14.0. The van der Waals surface area contributed by atoms with Gasteiger partial charge in [-0.3, -0.25) is 4.99 Å². The van der Waals surface area contributed by atoms with Crippen LogP contribution in [-0.2, 0) is 13.0 Å². The Morgan fingerprint density at radius 3 is 2.77 bits per heavy atom. The van der Waals surface area contributed by atoms with Crippen LogP contribution in [0.15, 0.2) is 4.99 Å². The first-order valence-corrected chi connectivity index (χ1v) is 8.51. The molecule has 0 amide bonds. The number of aromatic nitrogens is 3. The minimum absolute atomic E-state index is 0.627. The Kier molecular flexibility index (Phi) is 4.64. The maximum absolute atomic E-state index is 4.47. The monoisotopic (exact) mass is 304 g/mol. The molecule has 1 atom stereocenters. The summed E-state index contributed by atoms with van der Waals surface area (Å²) >= 11 is 0. The molecule has 0 aromatic carbocycles. The number of nitrogens with zero attached hydrogens (tertiary/aromatic N) is 5. The van der Waals surface area contributed by atoms with E-state index in [0.29, 0.717) is 5.92 Å². The second-order valence-electron chi connectivity index (χ2n) is 6.78. The number of aliphatic imine (C=N–C) groups is 1. The van der Waals surface area contributed by atoms with E-state index in [1.54, 1.807) is 0 Å². The van der Waals surface area contributed by atoms with Crippen molar-refractivity contribution >= 4 is 5.96 Å². The maximum atomic E-state index is 4.47. The summed E-state index contributed by atoms with van der Waals surface area (Å²) in [4.78, 5) is 6.87. The van der Waals surface area contributed by atoms with Gasteiger partial charge in [0.15, 0.2) is 5.96 Å². The fraction of sp³-hybridized carbons (Fsp3) is 0.812. The first-order valence-electron chi connectivity index (χ1n) is 8.51. The molecule has 0 saturated carbocycles. The molecule has 0 radical (unpaired) electrons. The first-order chi connectivity index (χ1) is 10.7. The summed E-state index contributed by atoms with van der Waals surface area (Å²) in [5.74, 6) is 4.72. The predicted octanol–water partition coefficient (Wildman–Crippen LogP) is 1.46. The summed E-state index contributed by atoms with van der Waals surface area (Å²) in [6.07, 6.45) is 4.76. The molecular formula is C16H28N6. The van der Waals surface area contributed by atoms with Crippen molar-refractivity contribution in [3.05, 3.63) is 11.6 Å². The van der Waals surface area contributed by atoms with E-state index < -0.39 is 0 Å². The molecule has 22 heavy (non-hydrogen) atoms. The number of rotatable bonds is 2. The van der Waals surface area contributed by atoms with Crippen LogP contribution in [0.25, 0.3) is 0 Å². The standard InChI is InChI=1S/C16H28N6/c1-12-6-8-21(9-7-12)16(17-3)18-10-14-4-5-15-20-19-13(2)22(15)11-14/h12,14H,4-11H2,1-3H3,(H,17,18). The number of aryl methyl sites for hydroxylation is 2. The van der Waals surface area contributed by atoms with E-state index in [-0.39, 0.29) is 0 Å². The second-order valence-corrected chi connectivity index (χ2v) is 6.78. The number of fused-ring (bicyclic) bond motifs is 1. The van der Waals surface area contributed by atoms with Crippen molar-refractivity contribution in [3.8, 4) is 0 Å². The molecule has 0 aliphatic carbocycles. The smallest absolute Gasteiger partial charge is 0.193 e. The molecule has 2 aliphatic rings. The molecule has 122 valence electrons. The van der Waals surface area contributed by atoms with Gasteiger partial charge < -0.3 is 14.8 Å². The largest absolute Gasteiger partial charge is 0.356 e. The van der Waals surface area contributed by atoms with Crippen LogP contribution in [-0.4, -0.2) is 52.3 Å². The molecule has 1 unspecified atom stereocenters. The Bertz CT molecular complexity index is 527. The molecule has 2 aliphatic heterocycles. The highest BCUT2D eigenvalue weighted by Gasteiger charge is 2.23. The third kappa shape index (κ3) is 3.25. The average Bonchev–Trinajstić information content (AvgIpc) is 2.90. The highest BCUT2D eigenvalue weighted by Crippen LogP contribution is 2.20. The van der Waals surface area contributed by atoms with Gasteiger partial charge in [0.2, 0.25) is 0 Å². The number of hydrogen-bond acceptors (Lipinski definition) is 3. The van der Waals surface area contributed by atoms with Crippen molar-refractivity contribution < 1.29 is 0 Å². The normalized spacial score (nSPS) is 23.5. The number of guanidine groups is 1. The molecule has 3 heterocycles. The van der Waals surface area contributed by atoms with Crippen LogP contribution in [0.4, 0.5) is 0 Å². The second kappa shape index (κ2) is 6.67. The third-order valence-corrected chi connectivity index (χ3v) is 5.07. The summed E-state index contributed by atoms with van der Waals surface area (Å²) in [6, 6.07) is 0.